The van der Waals surface area contributed by atoms with E-state index in [0.29, 0.717) is 31.5 Å². The highest BCUT2D eigenvalue weighted by Gasteiger charge is 2.28. The summed E-state index contributed by atoms with van der Waals surface area (Å²) in [6.45, 7) is 0.733. The molecule has 0 spiro atoms. The summed E-state index contributed by atoms with van der Waals surface area (Å²) in [6.07, 6.45) is 0.628. The number of carbonyl (C=O) groups excluding carboxylic acids is 2. The van der Waals surface area contributed by atoms with Crippen LogP contribution >= 0.6 is 0 Å². The maximum atomic E-state index is 13.8. The third-order valence-corrected chi connectivity index (χ3v) is 5.43. The van der Waals surface area contributed by atoms with Crippen LogP contribution in [0.3, 0.4) is 0 Å². The van der Waals surface area contributed by atoms with Gasteiger partial charge in [0.15, 0.2) is 17.3 Å². The summed E-state index contributed by atoms with van der Waals surface area (Å²) in [5, 5.41) is 0. The normalized spacial score (nSPS) is 14.3. The SMILES string of the molecule is O=C(c1ccc(F)cc1)c1ccccc1C(=O)N1CCC(Oc2ccc(F)cc2F)CC1. The molecule has 0 radical (unpaired) electrons. The molecule has 0 aromatic heterocycles. The first kappa shape index (κ1) is 21.6. The second-order valence-electron chi connectivity index (χ2n) is 7.57. The lowest BCUT2D eigenvalue weighted by molar-refractivity contribution is 0.0585. The molecule has 4 nitrogen and oxygen atoms in total. The number of nitrogens with zero attached hydrogens (tertiary/aromatic N) is 1. The smallest absolute Gasteiger partial charge is 0.254 e. The van der Waals surface area contributed by atoms with Crippen molar-refractivity contribution in [2.45, 2.75) is 18.9 Å². The van der Waals surface area contributed by atoms with Crippen molar-refractivity contribution in [2.75, 3.05) is 13.1 Å². The number of likely N-dealkylation sites (tertiary alicyclic amines) is 1. The molecule has 0 saturated carbocycles. The minimum absolute atomic E-state index is 0.0218. The van der Waals surface area contributed by atoms with Crippen molar-refractivity contribution in [3.05, 3.63) is 101 Å². The Morgan fingerprint density at radius 2 is 1.44 bits per heavy atom. The number of amides is 1. The van der Waals surface area contributed by atoms with Gasteiger partial charge < -0.3 is 9.64 Å². The van der Waals surface area contributed by atoms with E-state index in [9.17, 15) is 22.8 Å². The summed E-state index contributed by atoms with van der Waals surface area (Å²) in [4.78, 5) is 27.7. The Balaban J connectivity index is 1.44. The summed E-state index contributed by atoms with van der Waals surface area (Å²) in [7, 11) is 0. The number of benzene rings is 3. The second kappa shape index (κ2) is 9.26. The summed E-state index contributed by atoms with van der Waals surface area (Å²) in [6, 6.07) is 14.8. The van der Waals surface area contributed by atoms with Gasteiger partial charge in [0, 0.05) is 43.1 Å². The lowest BCUT2D eigenvalue weighted by atomic mass is 9.96. The molecule has 3 aromatic carbocycles. The number of piperidine rings is 1. The Morgan fingerprint density at radius 3 is 2.09 bits per heavy atom. The molecular weight excluding hydrogens is 419 g/mol. The van der Waals surface area contributed by atoms with Crippen molar-refractivity contribution in [3.8, 4) is 5.75 Å². The third-order valence-electron chi connectivity index (χ3n) is 5.43. The van der Waals surface area contributed by atoms with Gasteiger partial charge in [-0.05, 0) is 42.5 Å². The zero-order valence-electron chi connectivity index (χ0n) is 17.1. The van der Waals surface area contributed by atoms with E-state index in [-0.39, 0.29) is 34.7 Å². The van der Waals surface area contributed by atoms with Crippen molar-refractivity contribution in [3.63, 3.8) is 0 Å². The zero-order chi connectivity index (χ0) is 22.7. The largest absolute Gasteiger partial charge is 0.487 e. The van der Waals surface area contributed by atoms with Gasteiger partial charge in [-0.1, -0.05) is 18.2 Å². The molecular formula is C25H20F3NO3. The molecule has 3 aromatic rings. The van der Waals surface area contributed by atoms with Crippen LogP contribution in [0.5, 0.6) is 5.75 Å². The molecule has 0 unspecified atom stereocenters. The first-order valence-corrected chi connectivity index (χ1v) is 10.2. The molecule has 1 amide bonds. The molecule has 4 rings (SSSR count). The van der Waals surface area contributed by atoms with Gasteiger partial charge in [-0.15, -0.1) is 0 Å². The number of ketones is 1. The van der Waals surface area contributed by atoms with E-state index < -0.39 is 17.5 Å². The van der Waals surface area contributed by atoms with E-state index >= 15 is 0 Å². The second-order valence-corrected chi connectivity index (χ2v) is 7.57. The van der Waals surface area contributed by atoms with Gasteiger partial charge >= 0.3 is 0 Å². The van der Waals surface area contributed by atoms with Gasteiger partial charge in [-0.3, -0.25) is 9.59 Å². The monoisotopic (exact) mass is 439 g/mol. The predicted octanol–water partition coefficient (Wildman–Crippen LogP) is 5.02. The Morgan fingerprint density at radius 1 is 0.812 bits per heavy atom. The van der Waals surface area contributed by atoms with Gasteiger partial charge in [0.25, 0.3) is 5.91 Å². The Labute approximate surface area is 183 Å². The first-order chi connectivity index (χ1) is 15.4. The van der Waals surface area contributed by atoms with Crippen molar-refractivity contribution in [2.24, 2.45) is 0 Å². The summed E-state index contributed by atoms with van der Waals surface area (Å²) in [5.74, 6) is -2.56. The lowest BCUT2D eigenvalue weighted by Gasteiger charge is -2.32. The van der Waals surface area contributed by atoms with E-state index in [1.807, 2.05) is 0 Å². The molecule has 0 N–H and O–H groups in total. The molecule has 1 aliphatic heterocycles. The average Bonchev–Trinajstić information content (AvgIpc) is 2.81. The molecule has 0 bridgehead atoms. The summed E-state index contributed by atoms with van der Waals surface area (Å²) < 4.78 is 45.7. The number of rotatable bonds is 5. The predicted molar refractivity (Wildman–Crippen MR) is 112 cm³/mol. The van der Waals surface area contributed by atoms with E-state index in [1.165, 1.54) is 30.3 Å². The third kappa shape index (κ3) is 4.66. The molecule has 164 valence electrons. The standard InChI is InChI=1S/C25H20F3NO3/c26-17-7-5-16(6-8-17)24(30)20-3-1-2-4-21(20)25(31)29-13-11-19(12-14-29)32-23-10-9-18(27)15-22(23)28/h1-10,15,19H,11-14H2. The van der Waals surface area contributed by atoms with E-state index in [0.717, 1.165) is 12.1 Å². The highest BCUT2D eigenvalue weighted by atomic mass is 19.1. The molecule has 1 aliphatic rings. The number of hydrogen-bond acceptors (Lipinski definition) is 3. The molecule has 1 saturated heterocycles. The van der Waals surface area contributed by atoms with Crippen LogP contribution in [0, 0.1) is 17.5 Å². The van der Waals surface area contributed by atoms with Gasteiger partial charge in [0.1, 0.15) is 17.7 Å². The van der Waals surface area contributed by atoms with Crippen LogP contribution in [-0.4, -0.2) is 35.8 Å². The number of halogens is 3. The fraction of sp³-hybridized carbons (Fsp3) is 0.200. The van der Waals surface area contributed by atoms with Gasteiger partial charge in [0.05, 0.1) is 5.56 Å². The summed E-state index contributed by atoms with van der Waals surface area (Å²) in [5.41, 5.74) is 0.807. The average molecular weight is 439 g/mol. The highest BCUT2D eigenvalue weighted by molar-refractivity contribution is 6.15. The Hall–Kier alpha value is -3.61. The van der Waals surface area contributed by atoms with E-state index in [1.54, 1.807) is 29.2 Å². The zero-order valence-corrected chi connectivity index (χ0v) is 17.1. The molecule has 0 atom stereocenters. The topological polar surface area (TPSA) is 46.6 Å². The van der Waals surface area contributed by atoms with Gasteiger partial charge in [-0.25, -0.2) is 13.2 Å². The first-order valence-electron chi connectivity index (χ1n) is 10.2. The number of hydrogen-bond donors (Lipinski definition) is 0. The molecule has 7 heteroatoms. The van der Waals surface area contributed by atoms with Crippen LogP contribution in [0.15, 0.2) is 66.7 Å². The minimum Gasteiger partial charge on any atom is -0.487 e. The molecule has 1 fully saturated rings. The number of carbonyl (C=O) groups is 2. The van der Waals surface area contributed by atoms with Crippen molar-refractivity contribution in [1.82, 2.24) is 4.90 Å². The fourth-order valence-corrected chi connectivity index (χ4v) is 3.72. The van der Waals surface area contributed by atoms with Crippen LogP contribution < -0.4 is 4.74 Å². The van der Waals surface area contributed by atoms with Crippen LogP contribution in [-0.2, 0) is 0 Å². The Kier molecular flexibility index (Phi) is 6.25. The van der Waals surface area contributed by atoms with Crippen molar-refractivity contribution in [1.29, 1.82) is 0 Å². The van der Waals surface area contributed by atoms with Crippen LogP contribution in [0.2, 0.25) is 0 Å². The van der Waals surface area contributed by atoms with E-state index in [2.05, 4.69) is 0 Å². The van der Waals surface area contributed by atoms with Gasteiger partial charge in [-0.2, -0.15) is 0 Å². The molecule has 0 aliphatic carbocycles. The van der Waals surface area contributed by atoms with Crippen molar-refractivity contribution >= 4 is 11.7 Å². The lowest BCUT2D eigenvalue weighted by Crippen LogP contribution is -2.42. The van der Waals surface area contributed by atoms with Crippen molar-refractivity contribution < 1.29 is 27.5 Å². The Bertz CT molecular complexity index is 1140. The molecule has 32 heavy (non-hydrogen) atoms. The minimum atomic E-state index is -0.767. The maximum Gasteiger partial charge on any atom is 0.254 e. The number of ether oxygens (including phenoxy) is 1. The quantitative estimate of drug-likeness (QED) is 0.525. The van der Waals surface area contributed by atoms with E-state index in [4.69, 9.17) is 4.74 Å². The van der Waals surface area contributed by atoms with Crippen LogP contribution in [0.1, 0.15) is 39.1 Å². The van der Waals surface area contributed by atoms with Crippen LogP contribution in [0.4, 0.5) is 13.2 Å². The maximum absolute atomic E-state index is 13.8. The fourth-order valence-electron chi connectivity index (χ4n) is 3.72. The van der Waals surface area contributed by atoms with Gasteiger partial charge in [0.2, 0.25) is 0 Å². The summed E-state index contributed by atoms with van der Waals surface area (Å²) >= 11 is 0. The highest BCUT2D eigenvalue weighted by Crippen LogP contribution is 2.24. The van der Waals surface area contributed by atoms with Crippen LogP contribution in [0.25, 0.3) is 0 Å². The molecule has 1 heterocycles.